The number of nitrogens with zero attached hydrogens (tertiary/aromatic N) is 2. The molecule has 1 aromatic carbocycles. The molecule has 4 nitrogen and oxygen atoms in total. The second kappa shape index (κ2) is 7.03. The summed E-state index contributed by atoms with van der Waals surface area (Å²) >= 11 is 0. The van der Waals surface area contributed by atoms with E-state index < -0.39 is 0 Å². The minimum atomic E-state index is 0.253. The summed E-state index contributed by atoms with van der Waals surface area (Å²) in [6, 6.07) is 8.76. The van der Waals surface area contributed by atoms with Crippen molar-refractivity contribution in [3.63, 3.8) is 0 Å². The molecule has 1 aromatic rings. The van der Waals surface area contributed by atoms with Crippen LogP contribution in [0.1, 0.15) is 38.5 Å². The van der Waals surface area contributed by atoms with Gasteiger partial charge in [0.2, 0.25) is 5.91 Å². The number of para-hydroxylation sites is 2. The van der Waals surface area contributed by atoms with Crippen LogP contribution in [0.2, 0.25) is 0 Å². The summed E-state index contributed by atoms with van der Waals surface area (Å²) in [6.45, 7) is 2.40. The lowest BCUT2D eigenvalue weighted by Gasteiger charge is -2.33. The Balaban J connectivity index is 1.68. The molecule has 0 saturated heterocycles. The first-order valence-electron chi connectivity index (χ1n) is 8.59. The smallest absolute Gasteiger partial charge is 0.242 e. The second-order valence-electron chi connectivity index (χ2n) is 6.52. The molecule has 1 N–H and O–H groups in total. The third-order valence-corrected chi connectivity index (χ3v) is 5.01. The van der Waals surface area contributed by atoms with Gasteiger partial charge in [-0.05, 0) is 31.4 Å². The van der Waals surface area contributed by atoms with E-state index in [2.05, 4.69) is 22.3 Å². The summed E-state index contributed by atoms with van der Waals surface area (Å²) in [5.74, 6) is 0.253. The van der Waals surface area contributed by atoms with Gasteiger partial charge in [-0.1, -0.05) is 31.4 Å². The standard InChI is InChI=1S/C18H27N3O/c1-20(15-8-3-2-4-9-15)18(22)14-21-13-7-12-19-16-10-5-6-11-17(16)21/h5-6,10-11,15,19H,2-4,7-9,12-14H2,1H3. The van der Waals surface area contributed by atoms with Crippen LogP contribution < -0.4 is 10.2 Å². The van der Waals surface area contributed by atoms with E-state index >= 15 is 0 Å². The van der Waals surface area contributed by atoms with Gasteiger partial charge in [0.1, 0.15) is 0 Å². The van der Waals surface area contributed by atoms with Gasteiger partial charge in [0.05, 0.1) is 17.9 Å². The number of carbonyl (C=O) groups is 1. The summed E-state index contributed by atoms with van der Waals surface area (Å²) in [5, 5.41) is 3.45. The Kier molecular flexibility index (Phi) is 4.86. The van der Waals surface area contributed by atoms with Crippen molar-refractivity contribution >= 4 is 17.3 Å². The predicted octanol–water partition coefficient (Wildman–Crippen LogP) is 3.10. The molecule has 1 heterocycles. The van der Waals surface area contributed by atoms with Crippen molar-refractivity contribution in [2.24, 2.45) is 0 Å². The third-order valence-electron chi connectivity index (χ3n) is 5.01. The normalized spacial score (nSPS) is 19.0. The largest absolute Gasteiger partial charge is 0.383 e. The van der Waals surface area contributed by atoms with Gasteiger partial charge in [-0.2, -0.15) is 0 Å². The lowest BCUT2D eigenvalue weighted by atomic mass is 9.94. The zero-order valence-electron chi connectivity index (χ0n) is 13.6. The Labute approximate surface area is 133 Å². The van der Waals surface area contributed by atoms with Crippen LogP contribution in [0, 0.1) is 0 Å². The van der Waals surface area contributed by atoms with Crippen LogP contribution in [0.15, 0.2) is 24.3 Å². The predicted molar refractivity (Wildman–Crippen MR) is 91.4 cm³/mol. The van der Waals surface area contributed by atoms with Gasteiger partial charge < -0.3 is 15.1 Å². The van der Waals surface area contributed by atoms with Crippen molar-refractivity contribution in [1.82, 2.24) is 4.90 Å². The Hall–Kier alpha value is -1.71. The van der Waals surface area contributed by atoms with E-state index in [0.717, 1.165) is 30.9 Å². The fraction of sp³-hybridized carbons (Fsp3) is 0.611. The number of amides is 1. The molecule has 0 radical (unpaired) electrons. The molecule has 3 rings (SSSR count). The Morgan fingerprint density at radius 2 is 2.00 bits per heavy atom. The van der Waals surface area contributed by atoms with Crippen LogP contribution in [-0.2, 0) is 4.79 Å². The van der Waals surface area contributed by atoms with Crippen LogP contribution in [0.25, 0.3) is 0 Å². The van der Waals surface area contributed by atoms with E-state index in [4.69, 9.17) is 0 Å². The molecular weight excluding hydrogens is 274 g/mol. The van der Waals surface area contributed by atoms with Crippen molar-refractivity contribution in [1.29, 1.82) is 0 Å². The number of nitrogens with one attached hydrogen (secondary N) is 1. The van der Waals surface area contributed by atoms with Crippen molar-refractivity contribution in [3.8, 4) is 0 Å². The highest BCUT2D eigenvalue weighted by atomic mass is 16.2. The molecule has 0 spiro atoms. The van der Waals surface area contributed by atoms with E-state index in [1.807, 2.05) is 24.1 Å². The molecule has 2 aliphatic rings. The maximum Gasteiger partial charge on any atom is 0.242 e. The first kappa shape index (κ1) is 15.2. The first-order chi connectivity index (χ1) is 10.8. The van der Waals surface area contributed by atoms with Crippen LogP contribution >= 0.6 is 0 Å². The summed E-state index contributed by atoms with van der Waals surface area (Å²) in [7, 11) is 1.99. The SMILES string of the molecule is CN(C(=O)CN1CCCNc2ccccc21)C1CCCCC1. The van der Waals surface area contributed by atoms with E-state index in [-0.39, 0.29) is 5.91 Å². The molecule has 120 valence electrons. The van der Waals surface area contributed by atoms with Crippen LogP contribution in [0.4, 0.5) is 11.4 Å². The molecule has 1 aliphatic carbocycles. The quantitative estimate of drug-likeness (QED) is 0.932. The molecular formula is C18H27N3O. The topological polar surface area (TPSA) is 35.6 Å². The maximum absolute atomic E-state index is 12.7. The lowest BCUT2D eigenvalue weighted by molar-refractivity contribution is -0.131. The minimum absolute atomic E-state index is 0.253. The van der Waals surface area contributed by atoms with Crippen molar-refractivity contribution in [2.45, 2.75) is 44.6 Å². The van der Waals surface area contributed by atoms with Gasteiger partial charge >= 0.3 is 0 Å². The molecule has 1 fully saturated rings. The molecule has 0 atom stereocenters. The highest BCUT2D eigenvalue weighted by Gasteiger charge is 2.24. The summed E-state index contributed by atoms with van der Waals surface area (Å²) in [6.07, 6.45) is 7.25. The Morgan fingerprint density at radius 1 is 1.23 bits per heavy atom. The number of fused-ring (bicyclic) bond motifs is 1. The number of hydrogen-bond donors (Lipinski definition) is 1. The summed E-state index contributed by atoms with van der Waals surface area (Å²) in [4.78, 5) is 16.9. The van der Waals surface area contributed by atoms with Crippen molar-refractivity contribution < 1.29 is 4.79 Å². The molecule has 4 heteroatoms. The van der Waals surface area contributed by atoms with E-state index in [0.29, 0.717) is 12.6 Å². The van der Waals surface area contributed by atoms with Crippen LogP contribution in [0.5, 0.6) is 0 Å². The van der Waals surface area contributed by atoms with Gasteiger partial charge in [0.25, 0.3) is 0 Å². The monoisotopic (exact) mass is 301 g/mol. The van der Waals surface area contributed by atoms with Gasteiger partial charge in [-0.3, -0.25) is 4.79 Å². The molecule has 1 saturated carbocycles. The third kappa shape index (κ3) is 3.37. The molecule has 1 amide bonds. The fourth-order valence-corrected chi connectivity index (χ4v) is 3.62. The number of hydrogen-bond acceptors (Lipinski definition) is 3. The zero-order valence-corrected chi connectivity index (χ0v) is 13.6. The number of rotatable bonds is 3. The fourth-order valence-electron chi connectivity index (χ4n) is 3.62. The zero-order chi connectivity index (χ0) is 15.4. The van der Waals surface area contributed by atoms with Crippen LogP contribution in [-0.4, -0.2) is 43.5 Å². The Morgan fingerprint density at radius 3 is 2.82 bits per heavy atom. The number of benzene rings is 1. The van der Waals surface area contributed by atoms with E-state index in [9.17, 15) is 4.79 Å². The lowest BCUT2D eigenvalue weighted by Crippen LogP contribution is -2.44. The van der Waals surface area contributed by atoms with Crippen molar-refractivity contribution in [2.75, 3.05) is 36.9 Å². The highest BCUT2D eigenvalue weighted by Crippen LogP contribution is 2.28. The molecule has 0 aromatic heterocycles. The van der Waals surface area contributed by atoms with Crippen LogP contribution in [0.3, 0.4) is 0 Å². The van der Waals surface area contributed by atoms with Gasteiger partial charge in [0.15, 0.2) is 0 Å². The average molecular weight is 301 g/mol. The van der Waals surface area contributed by atoms with Crippen molar-refractivity contribution in [3.05, 3.63) is 24.3 Å². The number of carbonyl (C=O) groups excluding carboxylic acids is 1. The summed E-state index contributed by atoms with van der Waals surface area (Å²) in [5.41, 5.74) is 2.30. The van der Waals surface area contributed by atoms with Gasteiger partial charge in [-0.25, -0.2) is 0 Å². The van der Waals surface area contributed by atoms with Gasteiger partial charge in [-0.15, -0.1) is 0 Å². The molecule has 22 heavy (non-hydrogen) atoms. The average Bonchev–Trinajstić information content (AvgIpc) is 2.77. The molecule has 0 bridgehead atoms. The van der Waals surface area contributed by atoms with E-state index in [1.54, 1.807) is 0 Å². The number of likely N-dealkylation sites (N-methyl/N-ethyl adjacent to an activating group) is 1. The molecule has 1 aliphatic heterocycles. The Bertz CT molecular complexity index is 511. The first-order valence-corrected chi connectivity index (χ1v) is 8.59. The number of anilines is 2. The molecule has 0 unspecified atom stereocenters. The highest BCUT2D eigenvalue weighted by molar-refractivity contribution is 5.83. The summed E-state index contributed by atoms with van der Waals surface area (Å²) < 4.78 is 0. The van der Waals surface area contributed by atoms with E-state index in [1.165, 1.54) is 32.1 Å². The maximum atomic E-state index is 12.7. The minimum Gasteiger partial charge on any atom is -0.383 e. The second-order valence-corrected chi connectivity index (χ2v) is 6.52. The van der Waals surface area contributed by atoms with Gasteiger partial charge in [0, 0.05) is 26.2 Å².